The summed E-state index contributed by atoms with van der Waals surface area (Å²) in [6.45, 7) is 0.0956. The first-order valence-electron chi connectivity index (χ1n) is 5.95. The minimum Gasteiger partial charge on any atom is -0.349 e. The van der Waals surface area contributed by atoms with Crippen LogP contribution < -0.4 is 10.2 Å². The molecule has 0 unspecified atom stereocenters. The topological polar surface area (TPSA) is 94.8 Å². The first-order valence-corrected chi connectivity index (χ1v) is 6.74. The van der Waals surface area contributed by atoms with Gasteiger partial charge in [-0.3, -0.25) is 4.79 Å². The van der Waals surface area contributed by atoms with E-state index in [0.717, 1.165) is 4.47 Å². The number of nitriles is 1. The fraction of sp³-hybridized carbons (Fsp3) is 0.154. The Morgan fingerprint density at radius 3 is 2.76 bits per heavy atom. The zero-order valence-corrected chi connectivity index (χ0v) is 12.7. The van der Waals surface area contributed by atoms with Gasteiger partial charge in [-0.15, -0.1) is 10.2 Å². The Balaban J connectivity index is 1.95. The minimum atomic E-state index is -0.224. The predicted octanol–water partition coefficient (Wildman–Crippen LogP) is 1.58. The highest BCUT2D eigenvalue weighted by Gasteiger charge is 2.10. The lowest BCUT2D eigenvalue weighted by Crippen LogP contribution is -2.31. The zero-order chi connectivity index (χ0) is 15.2. The van der Waals surface area contributed by atoms with Crippen molar-refractivity contribution in [2.75, 3.05) is 23.8 Å². The highest BCUT2D eigenvalue weighted by molar-refractivity contribution is 9.10. The van der Waals surface area contributed by atoms with Gasteiger partial charge in [0.05, 0.1) is 6.54 Å². The largest absolute Gasteiger partial charge is 0.349 e. The molecule has 0 aliphatic heterocycles. The molecule has 0 radical (unpaired) electrons. The number of pyridine rings is 1. The number of amides is 1. The maximum atomic E-state index is 11.9. The quantitative estimate of drug-likeness (QED) is 0.902. The molecule has 0 bridgehead atoms. The van der Waals surface area contributed by atoms with Crippen LogP contribution in [0.25, 0.3) is 0 Å². The van der Waals surface area contributed by atoms with E-state index in [9.17, 15) is 4.79 Å². The number of hydrogen-bond acceptors (Lipinski definition) is 6. The van der Waals surface area contributed by atoms with Crippen LogP contribution in [0.2, 0.25) is 0 Å². The van der Waals surface area contributed by atoms with Crippen molar-refractivity contribution in [3.63, 3.8) is 0 Å². The molecule has 0 fully saturated rings. The van der Waals surface area contributed by atoms with Crippen molar-refractivity contribution in [3.8, 4) is 6.07 Å². The number of aromatic nitrogens is 3. The van der Waals surface area contributed by atoms with Gasteiger partial charge in [0.15, 0.2) is 11.5 Å². The summed E-state index contributed by atoms with van der Waals surface area (Å²) in [4.78, 5) is 17.6. The molecule has 21 heavy (non-hydrogen) atoms. The molecule has 0 atom stereocenters. The Labute approximate surface area is 129 Å². The van der Waals surface area contributed by atoms with Crippen LogP contribution in [0.1, 0.15) is 5.69 Å². The average molecular weight is 347 g/mol. The van der Waals surface area contributed by atoms with Gasteiger partial charge in [-0.1, -0.05) is 0 Å². The second-order valence-electron chi connectivity index (χ2n) is 4.15. The van der Waals surface area contributed by atoms with Gasteiger partial charge >= 0.3 is 0 Å². The molecule has 2 rings (SSSR count). The zero-order valence-electron chi connectivity index (χ0n) is 11.1. The lowest BCUT2D eigenvalue weighted by Gasteiger charge is -2.16. The lowest BCUT2D eigenvalue weighted by molar-refractivity contribution is -0.114. The maximum absolute atomic E-state index is 11.9. The summed E-state index contributed by atoms with van der Waals surface area (Å²) in [5.74, 6) is 0.758. The molecule has 0 aromatic carbocycles. The fourth-order valence-electron chi connectivity index (χ4n) is 1.52. The highest BCUT2D eigenvalue weighted by Crippen LogP contribution is 2.11. The van der Waals surface area contributed by atoms with Crippen molar-refractivity contribution in [2.45, 2.75) is 0 Å². The summed E-state index contributed by atoms with van der Waals surface area (Å²) in [7, 11) is 1.71. The molecule has 0 spiro atoms. The number of nitrogens with zero attached hydrogens (tertiary/aromatic N) is 5. The minimum absolute atomic E-state index is 0.0956. The molecule has 2 aromatic rings. The Morgan fingerprint density at radius 2 is 2.19 bits per heavy atom. The summed E-state index contributed by atoms with van der Waals surface area (Å²) in [6.07, 6.45) is 1.60. The number of likely N-dealkylation sites (N-methyl/N-ethyl adjacent to an activating group) is 1. The summed E-state index contributed by atoms with van der Waals surface area (Å²) < 4.78 is 0.838. The molecule has 7 nitrogen and oxygen atoms in total. The Kier molecular flexibility index (Phi) is 4.79. The second-order valence-corrected chi connectivity index (χ2v) is 5.07. The van der Waals surface area contributed by atoms with Crippen LogP contribution in [0, 0.1) is 11.3 Å². The summed E-state index contributed by atoms with van der Waals surface area (Å²) in [5, 5.41) is 18.9. The summed E-state index contributed by atoms with van der Waals surface area (Å²) in [5.41, 5.74) is 0.232. The number of anilines is 2. The van der Waals surface area contributed by atoms with Crippen molar-refractivity contribution < 1.29 is 4.79 Å². The smallest absolute Gasteiger partial charge is 0.245 e. The van der Waals surface area contributed by atoms with E-state index >= 15 is 0 Å². The van der Waals surface area contributed by atoms with E-state index in [4.69, 9.17) is 5.26 Å². The van der Waals surface area contributed by atoms with Gasteiger partial charge in [0.1, 0.15) is 11.9 Å². The number of carbonyl (C=O) groups excluding carboxylic acids is 1. The Morgan fingerprint density at radius 1 is 1.38 bits per heavy atom. The standard InChI is InChI=1S/C13H11BrN6O/c1-20(12-5-3-10(6-15)18-19-12)8-13(21)17-11-4-2-9(14)7-16-11/h2-5,7H,8H2,1H3,(H,16,17,21). The van der Waals surface area contributed by atoms with Crippen molar-refractivity contribution in [3.05, 3.63) is 40.6 Å². The van der Waals surface area contributed by atoms with Gasteiger partial charge < -0.3 is 10.2 Å². The average Bonchev–Trinajstić information content (AvgIpc) is 2.49. The molecule has 0 saturated carbocycles. The number of nitrogens with one attached hydrogen (secondary N) is 1. The van der Waals surface area contributed by atoms with Crippen LogP contribution in [0.15, 0.2) is 34.9 Å². The second kappa shape index (κ2) is 6.76. The van der Waals surface area contributed by atoms with Crippen molar-refractivity contribution in [1.29, 1.82) is 5.26 Å². The Bertz CT molecular complexity index is 665. The molecule has 1 N–H and O–H groups in total. The van der Waals surface area contributed by atoms with E-state index in [0.29, 0.717) is 11.6 Å². The van der Waals surface area contributed by atoms with Crippen LogP contribution >= 0.6 is 15.9 Å². The molecular formula is C13H11BrN6O. The van der Waals surface area contributed by atoms with Crippen molar-refractivity contribution in [2.24, 2.45) is 0 Å². The van der Waals surface area contributed by atoms with E-state index in [1.54, 1.807) is 42.4 Å². The molecule has 0 aliphatic carbocycles. The molecule has 2 aromatic heterocycles. The highest BCUT2D eigenvalue weighted by atomic mass is 79.9. The third kappa shape index (κ3) is 4.22. The molecule has 1 amide bonds. The molecule has 0 saturated heterocycles. The van der Waals surface area contributed by atoms with Gasteiger partial charge in [-0.2, -0.15) is 5.26 Å². The molecule has 0 aliphatic rings. The number of carbonyl (C=O) groups is 1. The number of rotatable bonds is 4. The first-order chi connectivity index (χ1) is 10.1. The van der Waals surface area contributed by atoms with Crippen molar-refractivity contribution >= 4 is 33.5 Å². The van der Waals surface area contributed by atoms with Crippen LogP contribution in [0.4, 0.5) is 11.6 Å². The molecule has 8 heteroatoms. The Hall–Kier alpha value is -2.53. The van der Waals surface area contributed by atoms with Crippen LogP contribution in [0.3, 0.4) is 0 Å². The summed E-state index contributed by atoms with van der Waals surface area (Å²) in [6, 6.07) is 8.56. The van der Waals surface area contributed by atoms with Crippen LogP contribution in [-0.2, 0) is 4.79 Å². The third-order valence-corrected chi connectivity index (χ3v) is 3.00. The van der Waals surface area contributed by atoms with E-state index in [2.05, 4.69) is 36.4 Å². The van der Waals surface area contributed by atoms with Crippen molar-refractivity contribution in [1.82, 2.24) is 15.2 Å². The molecular weight excluding hydrogens is 336 g/mol. The van der Waals surface area contributed by atoms with E-state index in [-0.39, 0.29) is 18.1 Å². The number of hydrogen-bond donors (Lipinski definition) is 1. The first kappa shape index (κ1) is 14.9. The van der Waals surface area contributed by atoms with E-state index in [1.165, 1.54) is 0 Å². The summed E-state index contributed by atoms with van der Waals surface area (Å²) >= 11 is 3.27. The fourth-order valence-corrected chi connectivity index (χ4v) is 1.75. The third-order valence-electron chi connectivity index (χ3n) is 2.53. The predicted molar refractivity (Wildman–Crippen MR) is 80.6 cm³/mol. The van der Waals surface area contributed by atoms with Gasteiger partial charge in [-0.05, 0) is 40.2 Å². The molecule has 106 valence electrons. The van der Waals surface area contributed by atoms with Gasteiger partial charge in [-0.25, -0.2) is 4.98 Å². The maximum Gasteiger partial charge on any atom is 0.245 e. The van der Waals surface area contributed by atoms with E-state index < -0.39 is 0 Å². The lowest BCUT2D eigenvalue weighted by atomic mass is 10.4. The van der Waals surface area contributed by atoms with E-state index in [1.807, 2.05) is 6.07 Å². The number of halogens is 1. The van der Waals surface area contributed by atoms with Crippen LogP contribution in [0.5, 0.6) is 0 Å². The van der Waals surface area contributed by atoms with Gasteiger partial charge in [0, 0.05) is 17.7 Å². The normalized spacial score (nSPS) is 9.76. The molecule has 2 heterocycles. The van der Waals surface area contributed by atoms with Gasteiger partial charge in [0.25, 0.3) is 0 Å². The van der Waals surface area contributed by atoms with Crippen LogP contribution in [-0.4, -0.2) is 34.7 Å². The SMILES string of the molecule is CN(CC(=O)Nc1ccc(Br)cn1)c1ccc(C#N)nn1. The monoisotopic (exact) mass is 346 g/mol. The van der Waals surface area contributed by atoms with Gasteiger partial charge in [0.2, 0.25) is 5.91 Å².